The maximum Gasteiger partial charge on any atom is 0.191 e. The molecule has 0 bridgehead atoms. The predicted octanol–water partition coefficient (Wildman–Crippen LogP) is 2.73. The first kappa shape index (κ1) is 19.9. The Morgan fingerprint density at radius 3 is 2.65 bits per heavy atom. The molecule has 0 aromatic carbocycles. The Balaban J connectivity index is 0.00000264. The number of pyridine rings is 1. The van der Waals surface area contributed by atoms with Gasteiger partial charge < -0.3 is 15.5 Å². The quantitative estimate of drug-likeness (QED) is 0.408. The zero-order valence-electron chi connectivity index (χ0n) is 13.7. The van der Waals surface area contributed by atoms with Crippen molar-refractivity contribution in [3.05, 3.63) is 52.5 Å². The third-order valence-corrected chi connectivity index (χ3v) is 4.32. The average Bonchev–Trinajstić information content (AvgIpc) is 3.05. The fraction of sp³-hybridized carbons (Fsp3) is 0.375. The van der Waals surface area contributed by atoms with Crippen molar-refractivity contribution in [2.75, 3.05) is 27.7 Å². The van der Waals surface area contributed by atoms with Crippen molar-refractivity contribution < 1.29 is 0 Å². The van der Waals surface area contributed by atoms with Crippen LogP contribution in [0.2, 0.25) is 0 Å². The highest BCUT2D eigenvalue weighted by Gasteiger charge is 2.15. The number of likely N-dealkylation sites (N-methyl/N-ethyl adjacent to an activating group) is 1. The molecule has 0 fully saturated rings. The highest BCUT2D eigenvalue weighted by atomic mass is 127. The molecule has 1 atom stereocenters. The van der Waals surface area contributed by atoms with Crippen LogP contribution in [0.1, 0.15) is 16.6 Å². The van der Waals surface area contributed by atoms with Crippen LogP contribution in [-0.2, 0) is 6.54 Å². The van der Waals surface area contributed by atoms with Gasteiger partial charge in [0, 0.05) is 24.7 Å². The minimum atomic E-state index is 0. The largest absolute Gasteiger partial charge is 0.354 e. The lowest BCUT2D eigenvalue weighted by Gasteiger charge is -2.24. The molecular formula is C16H24IN5S. The first-order valence-corrected chi connectivity index (χ1v) is 8.13. The molecule has 126 valence electrons. The molecule has 2 heterocycles. The number of thiophene rings is 1. The van der Waals surface area contributed by atoms with E-state index in [2.05, 4.69) is 57.1 Å². The first-order valence-electron chi connectivity index (χ1n) is 7.25. The topological polar surface area (TPSA) is 52.6 Å². The molecule has 0 spiro atoms. The van der Waals surface area contributed by atoms with E-state index in [1.54, 1.807) is 24.6 Å². The van der Waals surface area contributed by atoms with Crippen molar-refractivity contribution in [1.82, 2.24) is 20.5 Å². The standard InChI is InChI=1S/C16H23N5S.HI/c1-17-16(19-11-13-7-4-5-9-18-13)20-12-14(21(2)3)15-8-6-10-22-15;/h4-10,14H,11-12H2,1-3H3,(H2,17,19,20);1H. The fourth-order valence-electron chi connectivity index (χ4n) is 2.11. The number of nitrogens with one attached hydrogen (secondary N) is 2. The van der Waals surface area contributed by atoms with Gasteiger partial charge in [-0.05, 0) is 37.7 Å². The zero-order chi connectivity index (χ0) is 15.8. The van der Waals surface area contributed by atoms with Crippen LogP contribution in [0.15, 0.2) is 46.9 Å². The lowest BCUT2D eigenvalue weighted by atomic mass is 10.2. The van der Waals surface area contributed by atoms with Gasteiger partial charge >= 0.3 is 0 Å². The van der Waals surface area contributed by atoms with Crippen LogP contribution in [0.3, 0.4) is 0 Å². The van der Waals surface area contributed by atoms with Crippen molar-refractivity contribution in [1.29, 1.82) is 0 Å². The molecule has 0 saturated heterocycles. The third kappa shape index (κ3) is 6.44. The van der Waals surface area contributed by atoms with Crippen molar-refractivity contribution in [3.63, 3.8) is 0 Å². The summed E-state index contributed by atoms with van der Waals surface area (Å²) in [5.41, 5.74) is 0.993. The summed E-state index contributed by atoms with van der Waals surface area (Å²) in [6, 6.07) is 10.5. The second-order valence-corrected chi connectivity index (χ2v) is 6.10. The Bertz CT molecular complexity index is 571. The Morgan fingerprint density at radius 1 is 1.26 bits per heavy atom. The zero-order valence-corrected chi connectivity index (χ0v) is 16.8. The average molecular weight is 445 g/mol. The van der Waals surface area contributed by atoms with Crippen LogP contribution >= 0.6 is 35.3 Å². The number of guanidine groups is 1. The van der Waals surface area contributed by atoms with E-state index in [4.69, 9.17) is 0 Å². The van der Waals surface area contributed by atoms with Crippen LogP contribution in [0.25, 0.3) is 0 Å². The molecule has 1 unspecified atom stereocenters. The third-order valence-electron chi connectivity index (χ3n) is 3.34. The minimum Gasteiger partial charge on any atom is -0.354 e. The molecular weight excluding hydrogens is 421 g/mol. The normalized spacial score (nSPS) is 12.6. The van der Waals surface area contributed by atoms with Gasteiger partial charge in [0.15, 0.2) is 5.96 Å². The van der Waals surface area contributed by atoms with Crippen LogP contribution in [0.5, 0.6) is 0 Å². The van der Waals surface area contributed by atoms with Crippen LogP contribution in [-0.4, -0.2) is 43.5 Å². The van der Waals surface area contributed by atoms with Gasteiger partial charge in [0.2, 0.25) is 0 Å². The van der Waals surface area contributed by atoms with Crippen molar-refractivity contribution in [3.8, 4) is 0 Å². The fourth-order valence-corrected chi connectivity index (χ4v) is 3.03. The summed E-state index contributed by atoms with van der Waals surface area (Å²) in [5.74, 6) is 0.786. The second kappa shape index (κ2) is 10.6. The summed E-state index contributed by atoms with van der Waals surface area (Å²) < 4.78 is 0. The summed E-state index contributed by atoms with van der Waals surface area (Å²) in [6.45, 7) is 1.46. The number of rotatable bonds is 6. The van der Waals surface area contributed by atoms with Gasteiger partial charge in [-0.1, -0.05) is 12.1 Å². The van der Waals surface area contributed by atoms with Crippen molar-refractivity contribution in [2.45, 2.75) is 12.6 Å². The van der Waals surface area contributed by atoms with Gasteiger partial charge in [-0.2, -0.15) is 0 Å². The molecule has 2 rings (SSSR count). The second-order valence-electron chi connectivity index (χ2n) is 5.12. The highest BCUT2D eigenvalue weighted by molar-refractivity contribution is 14.0. The molecule has 2 aromatic heterocycles. The molecule has 7 heteroatoms. The number of nitrogens with zero attached hydrogens (tertiary/aromatic N) is 3. The Kier molecular flexibility index (Phi) is 9.12. The van der Waals surface area contributed by atoms with Gasteiger partial charge in [-0.15, -0.1) is 35.3 Å². The van der Waals surface area contributed by atoms with Crippen LogP contribution in [0.4, 0.5) is 0 Å². The maximum atomic E-state index is 4.30. The van der Waals surface area contributed by atoms with Crippen molar-refractivity contribution in [2.24, 2.45) is 4.99 Å². The van der Waals surface area contributed by atoms with Gasteiger partial charge in [-0.25, -0.2) is 0 Å². The smallest absolute Gasteiger partial charge is 0.191 e. The summed E-state index contributed by atoms with van der Waals surface area (Å²) >= 11 is 1.78. The molecule has 2 aromatic rings. The first-order chi connectivity index (χ1) is 10.7. The maximum absolute atomic E-state index is 4.30. The molecule has 0 aliphatic heterocycles. The SMILES string of the molecule is CN=C(NCc1ccccn1)NCC(c1cccs1)N(C)C.I. The molecule has 0 aliphatic carbocycles. The van der Waals surface area contributed by atoms with E-state index in [0.717, 1.165) is 18.2 Å². The monoisotopic (exact) mass is 445 g/mol. The van der Waals surface area contributed by atoms with Crippen LogP contribution in [0, 0.1) is 0 Å². The number of hydrogen-bond donors (Lipinski definition) is 2. The molecule has 5 nitrogen and oxygen atoms in total. The summed E-state index contributed by atoms with van der Waals surface area (Å²) in [4.78, 5) is 12.1. The Labute approximate surface area is 159 Å². The number of hydrogen-bond acceptors (Lipinski definition) is 4. The lowest BCUT2D eigenvalue weighted by molar-refractivity contribution is 0.302. The van der Waals surface area contributed by atoms with Crippen LogP contribution < -0.4 is 10.6 Å². The lowest BCUT2D eigenvalue weighted by Crippen LogP contribution is -2.41. The molecule has 0 saturated carbocycles. The van der Waals surface area contributed by atoms with E-state index in [0.29, 0.717) is 12.6 Å². The van der Waals surface area contributed by atoms with Gasteiger partial charge in [0.1, 0.15) is 0 Å². The molecule has 0 radical (unpaired) electrons. The van der Waals surface area contributed by atoms with Gasteiger partial charge in [0.25, 0.3) is 0 Å². The van der Waals surface area contributed by atoms with E-state index in [-0.39, 0.29) is 24.0 Å². The van der Waals surface area contributed by atoms with Crippen molar-refractivity contribution >= 4 is 41.3 Å². The van der Waals surface area contributed by atoms with E-state index >= 15 is 0 Å². The summed E-state index contributed by atoms with van der Waals surface area (Å²) in [7, 11) is 5.97. The molecule has 23 heavy (non-hydrogen) atoms. The van der Waals surface area contributed by atoms with E-state index in [1.165, 1.54) is 4.88 Å². The molecule has 0 aliphatic rings. The van der Waals surface area contributed by atoms with Gasteiger partial charge in [-0.3, -0.25) is 9.98 Å². The number of aromatic nitrogens is 1. The van der Waals surface area contributed by atoms with E-state index in [1.807, 2.05) is 18.2 Å². The Morgan fingerprint density at radius 2 is 2.09 bits per heavy atom. The van der Waals surface area contributed by atoms with E-state index in [9.17, 15) is 0 Å². The van der Waals surface area contributed by atoms with E-state index < -0.39 is 0 Å². The number of halogens is 1. The molecule has 0 amide bonds. The highest BCUT2D eigenvalue weighted by Crippen LogP contribution is 2.22. The van der Waals surface area contributed by atoms with Gasteiger partial charge in [0.05, 0.1) is 18.3 Å². The summed E-state index contributed by atoms with van der Waals surface area (Å²) in [5, 5.41) is 8.78. The summed E-state index contributed by atoms with van der Waals surface area (Å²) in [6.07, 6.45) is 1.80. The minimum absolute atomic E-state index is 0. The number of aliphatic imine (C=N–C) groups is 1. The molecule has 2 N–H and O–H groups in total. The predicted molar refractivity (Wildman–Crippen MR) is 109 cm³/mol. The Hall–Kier alpha value is -1.19.